The van der Waals surface area contributed by atoms with Crippen molar-refractivity contribution in [2.24, 2.45) is 0 Å². The number of carbonyl (C=O) groups is 2. The van der Waals surface area contributed by atoms with Gasteiger partial charge in [-0.2, -0.15) is 0 Å². The van der Waals surface area contributed by atoms with Crippen molar-refractivity contribution in [3.8, 4) is 5.75 Å². The van der Waals surface area contributed by atoms with Crippen molar-refractivity contribution >= 4 is 11.8 Å². The number of amides is 2. The van der Waals surface area contributed by atoms with Crippen molar-refractivity contribution in [2.45, 2.75) is 33.1 Å². The van der Waals surface area contributed by atoms with E-state index in [0.29, 0.717) is 17.2 Å². The first-order chi connectivity index (χ1) is 12.3. The summed E-state index contributed by atoms with van der Waals surface area (Å²) in [5.74, 6) is -0.218. The third kappa shape index (κ3) is 5.88. The van der Waals surface area contributed by atoms with Crippen LogP contribution in [-0.4, -0.2) is 18.4 Å². The quantitative estimate of drug-likeness (QED) is 0.780. The average molecular weight is 358 g/mol. The summed E-state index contributed by atoms with van der Waals surface area (Å²) in [7, 11) is 0. The normalized spacial score (nSPS) is 10.5. The zero-order valence-electron chi connectivity index (χ0n) is 15.1. The van der Waals surface area contributed by atoms with E-state index in [1.165, 1.54) is 29.8 Å². The molecule has 2 rings (SSSR count). The molecule has 2 aromatic rings. The van der Waals surface area contributed by atoms with Crippen LogP contribution in [0.3, 0.4) is 0 Å². The van der Waals surface area contributed by atoms with Crippen molar-refractivity contribution < 1.29 is 18.7 Å². The SMILES string of the molecule is Cc1cc(OCC(=O)NNC(=O)Cc2ccc(F)cc2)ccc1C(C)C. The number of carbonyl (C=O) groups excluding carboxylic acids is 2. The molecule has 0 aromatic heterocycles. The molecule has 0 aliphatic carbocycles. The monoisotopic (exact) mass is 358 g/mol. The molecule has 0 unspecified atom stereocenters. The predicted molar refractivity (Wildman–Crippen MR) is 97.2 cm³/mol. The summed E-state index contributed by atoms with van der Waals surface area (Å²) in [5, 5.41) is 0. The van der Waals surface area contributed by atoms with Crippen molar-refractivity contribution in [3.05, 3.63) is 65.0 Å². The lowest BCUT2D eigenvalue weighted by molar-refractivity contribution is -0.129. The van der Waals surface area contributed by atoms with Crippen LogP contribution in [0.1, 0.15) is 36.5 Å². The highest BCUT2D eigenvalue weighted by atomic mass is 19.1. The molecule has 0 spiro atoms. The summed E-state index contributed by atoms with van der Waals surface area (Å²) in [6, 6.07) is 11.3. The average Bonchev–Trinajstić information content (AvgIpc) is 2.60. The summed E-state index contributed by atoms with van der Waals surface area (Å²) >= 11 is 0. The van der Waals surface area contributed by atoms with Crippen LogP contribution in [0, 0.1) is 12.7 Å². The molecule has 0 aliphatic heterocycles. The minimum absolute atomic E-state index is 0.0390. The lowest BCUT2D eigenvalue weighted by atomic mass is 9.98. The Balaban J connectivity index is 1.75. The van der Waals surface area contributed by atoms with E-state index >= 15 is 0 Å². The molecule has 2 aromatic carbocycles. The van der Waals surface area contributed by atoms with Crippen LogP contribution in [-0.2, 0) is 16.0 Å². The smallest absolute Gasteiger partial charge is 0.276 e. The Morgan fingerprint density at radius 1 is 1.04 bits per heavy atom. The maximum absolute atomic E-state index is 12.8. The van der Waals surface area contributed by atoms with Gasteiger partial charge in [0.25, 0.3) is 5.91 Å². The van der Waals surface area contributed by atoms with E-state index in [9.17, 15) is 14.0 Å². The van der Waals surface area contributed by atoms with Crippen molar-refractivity contribution in [1.82, 2.24) is 10.9 Å². The zero-order chi connectivity index (χ0) is 19.1. The molecule has 0 atom stereocenters. The largest absolute Gasteiger partial charge is 0.484 e. The molecule has 6 heteroatoms. The van der Waals surface area contributed by atoms with E-state index < -0.39 is 11.8 Å². The topological polar surface area (TPSA) is 67.4 Å². The number of benzene rings is 2. The molecule has 0 radical (unpaired) electrons. The van der Waals surface area contributed by atoms with Crippen LogP contribution in [0.15, 0.2) is 42.5 Å². The Labute approximate surface area is 152 Å². The lowest BCUT2D eigenvalue weighted by Crippen LogP contribution is -2.44. The van der Waals surface area contributed by atoms with E-state index in [-0.39, 0.29) is 18.8 Å². The van der Waals surface area contributed by atoms with Crippen LogP contribution in [0.25, 0.3) is 0 Å². The fourth-order valence-electron chi connectivity index (χ4n) is 2.54. The van der Waals surface area contributed by atoms with Gasteiger partial charge >= 0.3 is 0 Å². The number of rotatable bonds is 6. The van der Waals surface area contributed by atoms with Gasteiger partial charge in [-0.05, 0) is 53.8 Å². The summed E-state index contributed by atoms with van der Waals surface area (Å²) < 4.78 is 18.3. The Morgan fingerprint density at radius 3 is 2.31 bits per heavy atom. The Kier molecular flexibility index (Phi) is 6.72. The van der Waals surface area contributed by atoms with Crippen molar-refractivity contribution in [2.75, 3.05) is 6.61 Å². The highest BCUT2D eigenvalue weighted by molar-refractivity contribution is 5.83. The van der Waals surface area contributed by atoms with E-state index in [1.807, 2.05) is 25.1 Å². The van der Waals surface area contributed by atoms with Gasteiger partial charge < -0.3 is 4.74 Å². The first-order valence-corrected chi connectivity index (χ1v) is 8.40. The van der Waals surface area contributed by atoms with Crippen molar-refractivity contribution in [3.63, 3.8) is 0 Å². The van der Waals surface area contributed by atoms with Crippen LogP contribution in [0.4, 0.5) is 4.39 Å². The summed E-state index contributed by atoms with van der Waals surface area (Å²) in [6.45, 7) is 6.02. The second-order valence-electron chi connectivity index (χ2n) is 6.36. The third-order valence-electron chi connectivity index (χ3n) is 3.85. The Morgan fingerprint density at radius 2 is 1.69 bits per heavy atom. The van der Waals surface area contributed by atoms with E-state index in [2.05, 4.69) is 24.7 Å². The molecule has 5 nitrogen and oxygen atoms in total. The van der Waals surface area contributed by atoms with Crippen LogP contribution < -0.4 is 15.6 Å². The fraction of sp³-hybridized carbons (Fsp3) is 0.300. The minimum atomic E-state index is -0.469. The first-order valence-electron chi connectivity index (χ1n) is 8.40. The molecular weight excluding hydrogens is 335 g/mol. The van der Waals surface area contributed by atoms with Crippen LogP contribution in [0.2, 0.25) is 0 Å². The molecule has 26 heavy (non-hydrogen) atoms. The molecule has 0 heterocycles. The van der Waals surface area contributed by atoms with E-state index in [0.717, 1.165) is 5.56 Å². The molecule has 0 saturated carbocycles. The molecule has 0 aliphatic rings. The van der Waals surface area contributed by atoms with Crippen molar-refractivity contribution in [1.29, 1.82) is 0 Å². The highest BCUT2D eigenvalue weighted by Crippen LogP contribution is 2.23. The molecule has 0 bridgehead atoms. The van der Waals surface area contributed by atoms with Gasteiger partial charge in [-0.3, -0.25) is 20.4 Å². The summed E-state index contributed by atoms with van der Waals surface area (Å²) in [5.41, 5.74) is 7.58. The fourth-order valence-corrected chi connectivity index (χ4v) is 2.54. The van der Waals surface area contributed by atoms with Crippen LogP contribution in [0.5, 0.6) is 5.75 Å². The maximum Gasteiger partial charge on any atom is 0.276 e. The summed E-state index contributed by atoms with van der Waals surface area (Å²) in [4.78, 5) is 23.5. The number of hydrogen-bond donors (Lipinski definition) is 2. The lowest BCUT2D eigenvalue weighted by Gasteiger charge is -2.12. The maximum atomic E-state index is 12.8. The summed E-state index contributed by atoms with van der Waals surface area (Å²) in [6.07, 6.45) is 0.0390. The highest BCUT2D eigenvalue weighted by Gasteiger charge is 2.08. The molecule has 138 valence electrons. The van der Waals surface area contributed by atoms with Gasteiger partial charge in [0.15, 0.2) is 6.61 Å². The van der Waals surface area contributed by atoms with Gasteiger partial charge in [0.05, 0.1) is 6.42 Å². The van der Waals surface area contributed by atoms with Gasteiger partial charge in [-0.25, -0.2) is 4.39 Å². The molecule has 0 saturated heterocycles. The van der Waals surface area contributed by atoms with E-state index in [1.54, 1.807) is 0 Å². The zero-order valence-corrected chi connectivity index (χ0v) is 15.1. The predicted octanol–water partition coefficient (Wildman–Crippen LogP) is 3.03. The van der Waals surface area contributed by atoms with Gasteiger partial charge in [-0.15, -0.1) is 0 Å². The third-order valence-corrected chi connectivity index (χ3v) is 3.85. The standard InChI is InChI=1S/C20H23FN2O3/c1-13(2)18-9-8-17(10-14(18)3)26-12-20(25)23-22-19(24)11-15-4-6-16(21)7-5-15/h4-10,13H,11-12H2,1-3H3,(H,22,24)(H,23,25). The number of nitrogens with one attached hydrogen (secondary N) is 2. The second kappa shape index (κ2) is 8.99. The molecule has 0 fully saturated rings. The van der Waals surface area contributed by atoms with Crippen LogP contribution >= 0.6 is 0 Å². The van der Waals surface area contributed by atoms with Gasteiger partial charge in [-0.1, -0.05) is 32.0 Å². The molecular formula is C20H23FN2O3. The molecule has 2 amide bonds. The number of hydrogen-bond acceptors (Lipinski definition) is 3. The van der Waals surface area contributed by atoms with Gasteiger partial charge in [0.2, 0.25) is 5.91 Å². The number of aryl methyl sites for hydroxylation is 1. The van der Waals surface area contributed by atoms with Gasteiger partial charge in [0.1, 0.15) is 11.6 Å². The number of hydrazine groups is 1. The Bertz CT molecular complexity index is 773. The number of halogens is 1. The molecule has 2 N–H and O–H groups in total. The Hall–Kier alpha value is -2.89. The van der Waals surface area contributed by atoms with Gasteiger partial charge in [0, 0.05) is 0 Å². The van der Waals surface area contributed by atoms with E-state index in [4.69, 9.17) is 4.74 Å². The minimum Gasteiger partial charge on any atom is -0.484 e. The number of ether oxygens (including phenoxy) is 1. The second-order valence-corrected chi connectivity index (χ2v) is 6.36. The first kappa shape index (κ1) is 19.4.